The molecule has 9 heteroatoms. The Hall–Kier alpha value is -2.97. The van der Waals surface area contributed by atoms with Gasteiger partial charge in [-0.05, 0) is 31.9 Å². The van der Waals surface area contributed by atoms with E-state index < -0.39 is 28.8 Å². The summed E-state index contributed by atoms with van der Waals surface area (Å²) in [5.74, 6) is -3.01. The SMILES string of the molecule is Cc1cc(C(=O)NC(CCCC(=O)O)C(=O)O)ccc1[N+](=O)[O-]. The van der Waals surface area contributed by atoms with Crippen molar-refractivity contribution in [1.29, 1.82) is 0 Å². The maximum absolute atomic E-state index is 12.0. The number of hydrogen-bond donors (Lipinski definition) is 3. The van der Waals surface area contributed by atoms with Crippen LogP contribution in [0.15, 0.2) is 18.2 Å². The summed E-state index contributed by atoms with van der Waals surface area (Å²) < 4.78 is 0. The number of carboxylic acid groups (broad SMARTS) is 2. The first-order chi connectivity index (χ1) is 10.7. The Kier molecular flexibility index (Phi) is 6.19. The van der Waals surface area contributed by atoms with Crippen LogP contribution in [0.1, 0.15) is 35.2 Å². The summed E-state index contributed by atoms with van der Waals surface area (Å²) in [6, 6.07) is 2.47. The smallest absolute Gasteiger partial charge is 0.326 e. The van der Waals surface area contributed by atoms with Crippen LogP contribution in [-0.2, 0) is 9.59 Å². The summed E-state index contributed by atoms with van der Waals surface area (Å²) in [5, 5.41) is 30.6. The van der Waals surface area contributed by atoms with Gasteiger partial charge in [-0.2, -0.15) is 0 Å². The third-order valence-corrected chi connectivity index (χ3v) is 3.14. The molecule has 0 saturated heterocycles. The molecule has 0 spiro atoms. The molecule has 0 aromatic heterocycles. The minimum Gasteiger partial charge on any atom is -0.481 e. The molecular formula is C14H16N2O7. The number of nitro benzene ring substituents is 1. The van der Waals surface area contributed by atoms with E-state index in [-0.39, 0.29) is 36.1 Å². The van der Waals surface area contributed by atoms with Crippen LogP contribution >= 0.6 is 0 Å². The van der Waals surface area contributed by atoms with Crippen molar-refractivity contribution in [2.24, 2.45) is 0 Å². The second-order valence-corrected chi connectivity index (χ2v) is 4.91. The van der Waals surface area contributed by atoms with Crippen LogP contribution in [0.3, 0.4) is 0 Å². The number of carbonyl (C=O) groups is 3. The first-order valence-electron chi connectivity index (χ1n) is 6.73. The second-order valence-electron chi connectivity index (χ2n) is 4.91. The predicted octanol–water partition coefficient (Wildman–Crippen LogP) is 1.34. The molecule has 1 aromatic carbocycles. The summed E-state index contributed by atoms with van der Waals surface area (Å²) in [7, 11) is 0. The number of amides is 1. The number of carboxylic acids is 2. The normalized spacial score (nSPS) is 11.5. The average molecular weight is 324 g/mol. The molecule has 1 rings (SSSR count). The summed E-state index contributed by atoms with van der Waals surface area (Å²) in [4.78, 5) is 43.7. The molecule has 1 unspecified atom stereocenters. The zero-order valence-corrected chi connectivity index (χ0v) is 12.3. The highest BCUT2D eigenvalue weighted by Gasteiger charge is 2.21. The summed E-state index contributed by atoms with van der Waals surface area (Å²) >= 11 is 0. The fraction of sp³-hybridized carbons (Fsp3) is 0.357. The van der Waals surface area contributed by atoms with Crippen molar-refractivity contribution in [2.75, 3.05) is 0 Å². The van der Waals surface area contributed by atoms with E-state index in [2.05, 4.69) is 5.32 Å². The van der Waals surface area contributed by atoms with Crippen molar-refractivity contribution in [1.82, 2.24) is 5.32 Å². The van der Waals surface area contributed by atoms with Crippen LogP contribution in [0, 0.1) is 17.0 Å². The molecule has 23 heavy (non-hydrogen) atoms. The van der Waals surface area contributed by atoms with Crippen molar-refractivity contribution in [3.05, 3.63) is 39.4 Å². The van der Waals surface area contributed by atoms with Gasteiger partial charge < -0.3 is 15.5 Å². The number of nitrogens with zero attached hydrogens (tertiary/aromatic N) is 1. The van der Waals surface area contributed by atoms with Crippen LogP contribution in [0.25, 0.3) is 0 Å². The first kappa shape index (κ1) is 18.1. The molecule has 9 nitrogen and oxygen atoms in total. The van der Waals surface area contributed by atoms with E-state index in [0.717, 1.165) is 0 Å². The average Bonchev–Trinajstić information content (AvgIpc) is 2.44. The molecule has 124 valence electrons. The number of hydrogen-bond acceptors (Lipinski definition) is 5. The number of carbonyl (C=O) groups excluding carboxylic acids is 1. The molecule has 0 fully saturated rings. The van der Waals surface area contributed by atoms with E-state index in [1.165, 1.54) is 25.1 Å². The molecule has 3 N–H and O–H groups in total. The van der Waals surface area contributed by atoms with Crippen molar-refractivity contribution >= 4 is 23.5 Å². The zero-order chi connectivity index (χ0) is 17.6. The lowest BCUT2D eigenvalue weighted by Gasteiger charge is -2.14. The molecule has 0 radical (unpaired) electrons. The van der Waals surface area contributed by atoms with Gasteiger partial charge in [0.25, 0.3) is 11.6 Å². The van der Waals surface area contributed by atoms with Gasteiger partial charge in [-0.15, -0.1) is 0 Å². The summed E-state index contributed by atoms with van der Waals surface area (Å²) in [5.41, 5.74) is 0.232. The minimum atomic E-state index is -1.28. The van der Waals surface area contributed by atoms with Crippen molar-refractivity contribution in [2.45, 2.75) is 32.2 Å². The first-order valence-corrected chi connectivity index (χ1v) is 6.73. The summed E-state index contributed by atoms with van der Waals surface area (Å²) in [6.07, 6.45) is -0.124. The van der Waals surface area contributed by atoms with Gasteiger partial charge in [0.2, 0.25) is 0 Å². The van der Waals surface area contributed by atoms with Gasteiger partial charge in [-0.25, -0.2) is 4.79 Å². The molecule has 0 aliphatic rings. The van der Waals surface area contributed by atoms with Crippen molar-refractivity contribution in [3.8, 4) is 0 Å². The van der Waals surface area contributed by atoms with Gasteiger partial charge in [0.15, 0.2) is 0 Å². The molecule has 0 saturated carbocycles. The molecule has 0 aliphatic heterocycles. The quantitative estimate of drug-likeness (QED) is 0.483. The highest BCUT2D eigenvalue weighted by molar-refractivity contribution is 5.97. The summed E-state index contributed by atoms with van der Waals surface area (Å²) in [6.45, 7) is 1.47. The lowest BCUT2D eigenvalue weighted by Crippen LogP contribution is -2.40. The molecule has 1 amide bonds. The van der Waals surface area contributed by atoms with E-state index in [1.54, 1.807) is 0 Å². The van der Waals surface area contributed by atoms with Gasteiger partial charge in [0.1, 0.15) is 6.04 Å². The fourth-order valence-corrected chi connectivity index (χ4v) is 1.96. The highest BCUT2D eigenvalue weighted by atomic mass is 16.6. The van der Waals surface area contributed by atoms with Crippen LogP contribution < -0.4 is 5.32 Å². The van der Waals surface area contributed by atoms with E-state index >= 15 is 0 Å². The van der Waals surface area contributed by atoms with Gasteiger partial charge in [-0.3, -0.25) is 19.7 Å². The highest BCUT2D eigenvalue weighted by Crippen LogP contribution is 2.19. The Morgan fingerprint density at radius 3 is 2.43 bits per heavy atom. The number of nitro groups is 1. The lowest BCUT2D eigenvalue weighted by molar-refractivity contribution is -0.385. The maximum atomic E-state index is 12.0. The van der Waals surface area contributed by atoms with Crippen molar-refractivity contribution in [3.63, 3.8) is 0 Å². The van der Waals surface area contributed by atoms with E-state index in [1.807, 2.05) is 0 Å². The van der Waals surface area contributed by atoms with Gasteiger partial charge in [-0.1, -0.05) is 0 Å². The van der Waals surface area contributed by atoms with E-state index in [9.17, 15) is 24.5 Å². The Morgan fingerprint density at radius 2 is 1.96 bits per heavy atom. The largest absolute Gasteiger partial charge is 0.481 e. The Balaban J connectivity index is 2.78. The third-order valence-electron chi connectivity index (χ3n) is 3.14. The topological polar surface area (TPSA) is 147 Å². The standard InChI is InChI=1S/C14H16N2O7/c1-8-7-9(5-6-11(8)16(22)23)13(19)15-10(14(20)21)3-2-4-12(17)18/h5-7,10H,2-4H2,1H3,(H,15,19)(H,17,18)(H,20,21). The monoisotopic (exact) mass is 324 g/mol. The Bertz CT molecular complexity index is 642. The number of rotatable bonds is 8. The Morgan fingerprint density at radius 1 is 1.30 bits per heavy atom. The predicted molar refractivity (Wildman–Crippen MR) is 78.2 cm³/mol. The van der Waals surface area contributed by atoms with Gasteiger partial charge in [0.05, 0.1) is 4.92 Å². The lowest BCUT2D eigenvalue weighted by atomic mass is 10.1. The molecule has 0 bridgehead atoms. The van der Waals surface area contributed by atoms with Gasteiger partial charge in [0, 0.05) is 23.6 Å². The zero-order valence-electron chi connectivity index (χ0n) is 12.3. The molecule has 1 aromatic rings. The molecular weight excluding hydrogens is 308 g/mol. The van der Waals surface area contributed by atoms with Crippen molar-refractivity contribution < 1.29 is 29.5 Å². The van der Waals surface area contributed by atoms with E-state index in [4.69, 9.17) is 10.2 Å². The maximum Gasteiger partial charge on any atom is 0.326 e. The molecule has 0 aliphatic carbocycles. The molecule has 1 atom stereocenters. The second kappa shape index (κ2) is 7.87. The fourth-order valence-electron chi connectivity index (χ4n) is 1.96. The van der Waals surface area contributed by atoms with Crippen LogP contribution in [-0.4, -0.2) is 39.0 Å². The van der Waals surface area contributed by atoms with Crippen LogP contribution in [0.4, 0.5) is 5.69 Å². The third kappa shape index (κ3) is 5.38. The number of aliphatic carboxylic acids is 2. The van der Waals surface area contributed by atoms with E-state index in [0.29, 0.717) is 0 Å². The van der Waals surface area contributed by atoms with Crippen LogP contribution in [0.5, 0.6) is 0 Å². The van der Waals surface area contributed by atoms with Gasteiger partial charge >= 0.3 is 11.9 Å². The minimum absolute atomic E-state index is 0.0284. The van der Waals surface area contributed by atoms with Crippen LogP contribution in [0.2, 0.25) is 0 Å². The molecule has 0 heterocycles. The number of benzene rings is 1. The number of nitrogens with one attached hydrogen (secondary N) is 1. The number of aryl methyl sites for hydroxylation is 1. The Labute approximate surface area is 131 Å².